The molecule has 0 aromatic rings. The lowest BCUT2D eigenvalue weighted by atomic mass is 10.0. The molecule has 0 N–H and O–H groups in total. The Bertz CT molecular complexity index is 377. The van der Waals surface area contributed by atoms with Gasteiger partial charge in [0, 0.05) is 19.7 Å². The van der Waals surface area contributed by atoms with Gasteiger partial charge in [0.1, 0.15) is 0 Å². The minimum absolute atomic E-state index is 0.239. The maximum absolute atomic E-state index is 11.6. The first-order valence-corrected chi connectivity index (χ1v) is 12.1. The highest BCUT2D eigenvalue weighted by Crippen LogP contribution is 2.14. The largest absolute Gasteiger partial charge is 0.365 e. The molecule has 0 fully saturated rings. The summed E-state index contributed by atoms with van der Waals surface area (Å²) in [4.78, 5) is 16.7. The molecular weight excluding hydrogens is 346 g/mol. The first-order chi connectivity index (χ1) is 13.6. The number of hydrogen-bond donors (Lipinski definition) is 0. The van der Waals surface area contributed by atoms with Gasteiger partial charge < -0.3 is 4.84 Å². The first kappa shape index (κ1) is 27.2. The van der Waals surface area contributed by atoms with Gasteiger partial charge >= 0.3 is 5.97 Å². The molecule has 0 unspecified atom stereocenters. The van der Waals surface area contributed by atoms with E-state index in [4.69, 9.17) is 4.84 Å². The molecule has 0 aliphatic carbocycles. The predicted molar refractivity (Wildman–Crippen MR) is 122 cm³/mol. The zero-order chi connectivity index (χ0) is 20.9. The van der Waals surface area contributed by atoms with Crippen molar-refractivity contribution in [3.05, 3.63) is 11.6 Å². The summed E-state index contributed by atoms with van der Waals surface area (Å²) in [6.07, 6.45) is 26.7. The van der Waals surface area contributed by atoms with Crippen LogP contribution in [0.5, 0.6) is 0 Å². The Kier molecular flexibility index (Phi) is 20.3. The fourth-order valence-corrected chi connectivity index (χ4v) is 3.51. The van der Waals surface area contributed by atoms with E-state index in [1.807, 2.05) is 13.0 Å². The van der Waals surface area contributed by atoms with Crippen LogP contribution in [0, 0.1) is 0 Å². The first-order valence-electron chi connectivity index (χ1n) is 12.1. The fraction of sp³-hybridized carbons (Fsp3) is 0.880. The maximum Gasteiger partial charge on any atom is 0.352 e. The molecule has 3 nitrogen and oxygen atoms in total. The Balaban J connectivity index is 3.24. The van der Waals surface area contributed by atoms with Crippen LogP contribution in [0.1, 0.15) is 129 Å². The molecule has 0 atom stereocenters. The van der Waals surface area contributed by atoms with Crippen LogP contribution in [0.25, 0.3) is 0 Å². The maximum atomic E-state index is 11.6. The highest BCUT2D eigenvalue weighted by Gasteiger charge is 2.06. The van der Waals surface area contributed by atoms with Crippen molar-refractivity contribution < 1.29 is 9.63 Å². The Morgan fingerprint density at radius 3 is 1.39 bits per heavy atom. The zero-order valence-corrected chi connectivity index (χ0v) is 19.6. The fourth-order valence-electron chi connectivity index (χ4n) is 3.51. The van der Waals surface area contributed by atoms with Gasteiger partial charge in [-0.3, -0.25) is 0 Å². The van der Waals surface area contributed by atoms with E-state index >= 15 is 0 Å². The number of unbranched alkanes of at least 4 members (excludes halogenated alkanes) is 17. The van der Waals surface area contributed by atoms with Crippen molar-refractivity contribution in [3.63, 3.8) is 0 Å². The van der Waals surface area contributed by atoms with E-state index in [0.717, 1.165) is 6.42 Å². The van der Waals surface area contributed by atoms with E-state index in [0.29, 0.717) is 5.57 Å². The van der Waals surface area contributed by atoms with Crippen molar-refractivity contribution in [1.82, 2.24) is 5.06 Å². The van der Waals surface area contributed by atoms with Crippen molar-refractivity contribution >= 4 is 5.97 Å². The van der Waals surface area contributed by atoms with Crippen LogP contribution in [0.4, 0.5) is 0 Å². The second-order valence-corrected chi connectivity index (χ2v) is 8.52. The molecule has 0 aliphatic rings. The molecule has 28 heavy (non-hydrogen) atoms. The molecule has 0 aliphatic heterocycles. The smallest absolute Gasteiger partial charge is 0.352 e. The number of allylic oxidation sites excluding steroid dienone is 1. The van der Waals surface area contributed by atoms with Crippen LogP contribution in [0.2, 0.25) is 0 Å². The average Bonchev–Trinajstić information content (AvgIpc) is 2.66. The average molecular weight is 396 g/mol. The van der Waals surface area contributed by atoms with Gasteiger partial charge in [0.25, 0.3) is 0 Å². The van der Waals surface area contributed by atoms with Crippen LogP contribution in [0.15, 0.2) is 11.6 Å². The van der Waals surface area contributed by atoms with Crippen LogP contribution < -0.4 is 0 Å². The Labute approximate surface area is 176 Å². The molecule has 0 rings (SSSR count). The third-order valence-corrected chi connectivity index (χ3v) is 5.35. The lowest BCUT2D eigenvalue weighted by Crippen LogP contribution is -2.19. The number of carbonyl (C=O) groups is 1. The van der Waals surface area contributed by atoms with Gasteiger partial charge in [-0.2, -0.15) is 0 Å². The third kappa shape index (κ3) is 19.9. The molecule has 0 saturated heterocycles. The molecule has 3 heteroatoms. The minimum atomic E-state index is -0.239. The molecule has 0 aromatic carbocycles. The molecule has 166 valence electrons. The molecule has 0 aromatic heterocycles. The lowest BCUT2D eigenvalue weighted by molar-refractivity contribution is -0.172. The number of carbonyl (C=O) groups excluding carboxylic acids is 1. The quantitative estimate of drug-likeness (QED) is 0.119. The monoisotopic (exact) mass is 395 g/mol. The van der Waals surface area contributed by atoms with E-state index in [1.54, 1.807) is 14.1 Å². The summed E-state index contributed by atoms with van der Waals surface area (Å²) in [5.41, 5.74) is 0.713. The van der Waals surface area contributed by atoms with Gasteiger partial charge in [-0.05, 0) is 19.8 Å². The van der Waals surface area contributed by atoms with Crippen LogP contribution in [0.3, 0.4) is 0 Å². The second-order valence-electron chi connectivity index (χ2n) is 8.52. The Morgan fingerprint density at radius 1 is 0.679 bits per heavy atom. The summed E-state index contributed by atoms with van der Waals surface area (Å²) in [5.74, 6) is -0.239. The zero-order valence-electron chi connectivity index (χ0n) is 19.6. The summed E-state index contributed by atoms with van der Waals surface area (Å²) in [5, 5.41) is 1.44. The predicted octanol–water partition coefficient (Wildman–Crippen LogP) is 7.99. The highest BCUT2D eigenvalue weighted by atomic mass is 16.7. The van der Waals surface area contributed by atoms with Gasteiger partial charge in [-0.1, -0.05) is 116 Å². The topological polar surface area (TPSA) is 29.5 Å². The Hall–Kier alpha value is -0.830. The summed E-state index contributed by atoms with van der Waals surface area (Å²) in [7, 11) is 3.45. The number of hydroxylamine groups is 2. The van der Waals surface area contributed by atoms with Crippen molar-refractivity contribution in [3.8, 4) is 0 Å². The van der Waals surface area contributed by atoms with Crippen molar-refractivity contribution in [2.45, 2.75) is 129 Å². The van der Waals surface area contributed by atoms with Gasteiger partial charge in [0.2, 0.25) is 0 Å². The van der Waals surface area contributed by atoms with Gasteiger partial charge in [-0.25, -0.2) is 4.79 Å². The Morgan fingerprint density at radius 2 is 1.04 bits per heavy atom. The van der Waals surface area contributed by atoms with Gasteiger partial charge in [0.05, 0.1) is 0 Å². The standard InChI is InChI=1S/C25H49NO2/c1-5-6-7-8-9-10-11-12-13-14-15-16-17-18-19-20-21-22-23-24(2)25(27)28-26(3)4/h23H,5-22H2,1-4H3. The number of hydrogen-bond acceptors (Lipinski definition) is 3. The van der Waals surface area contributed by atoms with Gasteiger partial charge in [-0.15, -0.1) is 5.06 Å². The van der Waals surface area contributed by atoms with Crippen molar-refractivity contribution in [2.24, 2.45) is 0 Å². The van der Waals surface area contributed by atoms with E-state index in [-0.39, 0.29) is 5.97 Å². The van der Waals surface area contributed by atoms with E-state index < -0.39 is 0 Å². The van der Waals surface area contributed by atoms with Crippen LogP contribution >= 0.6 is 0 Å². The van der Waals surface area contributed by atoms with Gasteiger partial charge in [0.15, 0.2) is 0 Å². The molecular formula is C25H49NO2. The van der Waals surface area contributed by atoms with Crippen LogP contribution in [-0.4, -0.2) is 25.1 Å². The summed E-state index contributed by atoms with van der Waals surface area (Å²) >= 11 is 0. The normalized spacial score (nSPS) is 12.0. The molecule has 0 spiro atoms. The van der Waals surface area contributed by atoms with E-state index in [1.165, 1.54) is 114 Å². The van der Waals surface area contributed by atoms with E-state index in [9.17, 15) is 4.79 Å². The third-order valence-electron chi connectivity index (χ3n) is 5.35. The second kappa shape index (κ2) is 20.9. The molecule has 0 radical (unpaired) electrons. The summed E-state index contributed by atoms with van der Waals surface area (Å²) in [6, 6.07) is 0. The highest BCUT2D eigenvalue weighted by molar-refractivity contribution is 5.87. The molecule has 0 amide bonds. The van der Waals surface area contributed by atoms with Crippen molar-refractivity contribution in [2.75, 3.05) is 14.1 Å². The number of rotatable bonds is 20. The molecule has 0 heterocycles. The molecule has 0 bridgehead atoms. The summed E-state index contributed by atoms with van der Waals surface area (Å²) in [6.45, 7) is 4.12. The van der Waals surface area contributed by atoms with Crippen molar-refractivity contribution in [1.29, 1.82) is 0 Å². The SMILES string of the molecule is CCCCCCCCCCCCCCCCCCCC=C(C)C(=O)ON(C)C. The molecule has 0 saturated carbocycles. The van der Waals surface area contributed by atoms with E-state index in [2.05, 4.69) is 6.92 Å². The summed E-state index contributed by atoms with van der Waals surface area (Å²) < 4.78 is 0. The lowest BCUT2D eigenvalue weighted by Gasteiger charge is -2.09. The number of nitrogens with zero attached hydrogens (tertiary/aromatic N) is 1. The van der Waals surface area contributed by atoms with Crippen LogP contribution in [-0.2, 0) is 9.63 Å². The minimum Gasteiger partial charge on any atom is -0.365 e.